The second-order valence-corrected chi connectivity index (χ2v) is 12.7. The molecule has 4 aliphatic heterocycles. The largest absolute Gasteiger partial charge is 0.461 e. The Morgan fingerprint density at radius 3 is 2.56 bits per heavy atom. The van der Waals surface area contributed by atoms with Crippen molar-refractivity contribution in [2.75, 3.05) is 37.7 Å². The molecule has 4 atom stereocenters. The van der Waals surface area contributed by atoms with E-state index in [0.29, 0.717) is 47.1 Å². The van der Waals surface area contributed by atoms with E-state index in [1.54, 1.807) is 6.20 Å². The van der Waals surface area contributed by atoms with Crippen LogP contribution in [0.5, 0.6) is 6.01 Å². The van der Waals surface area contributed by atoms with Crippen LogP contribution in [-0.4, -0.2) is 70.3 Å². The highest BCUT2D eigenvalue weighted by atomic mass is 19.1. The van der Waals surface area contributed by atoms with Crippen LogP contribution in [0.2, 0.25) is 0 Å². The Bertz CT molecular complexity index is 1410. The molecule has 0 spiro atoms. The van der Waals surface area contributed by atoms with E-state index in [9.17, 15) is 0 Å². The van der Waals surface area contributed by atoms with Crippen LogP contribution >= 0.6 is 0 Å². The topological polar surface area (TPSA) is 66.4 Å². The maximum Gasteiger partial charge on any atom is 0.319 e. The molecule has 2 unspecified atom stereocenters. The summed E-state index contributed by atoms with van der Waals surface area (Å²) in [6.07, 6.45) is 9.97. The number of hydrogen-bond acceptors (Lipinski definition) is 7. The summed E-state index contributed by atoms with van der Waals surface area (Å²) in [7, 11) is 0. The number of aromatic nitrogens is 3. The average molecular weight is 529 g/mol. The minimum absolute atomic E-state index is 0.0779. The maximum atomic E-state index is 16.5. The van der Waals surface area contributed by atoms with E-state index < -0.39 is 0 Å². The van der Waals surface area contributed by atoms with Gasteiger partial charge in [-0.2, -0.15) is 9.97 Å². The molecule has 5 fully saturated rings. The number of pyridine rings is 1. The molecule has 7 nitrogen and oxygen atoms in total. The normalized spacial score (nSPS) is 29.2. The molecule has 39 heavy (non-hydrogen) atoms. The number of benzene rings is 1. The molecule has 2 aromatic heterocycles. The van der Waals surface area contributed by atoms with Crippen molar-refractivity contribution in [1.82, 2.24) is 25.2 Å². The summed E-state index contributed by atoms with van der Waals surface area (Å²) < 4.78 is 22.9. The Morgan fingerprint density at radius 2 is 1.82 bits per heavy atom. The molecule has 3 aromatic rings. The van der Waals surface area contributed by atoms with Gasteiger partial charge in [0, 0.05) is 36.9 Å². The summed E-state index contributed by atoms with van der Waals surface area (Å²) in [5.41, 5.74) is 2.83. The zero-order valence-corrected chi connectivity index (χ0v) is 22.7. The first-order valence-electron chi connectivity index (χ1n) is 14.9. The molecule has 1 N–H and O–H groups in total. The Labute approximate surface area is 229 Å². The first kappa shape index (κ1) is 24.0. The van der Waals surface area contributed by atoms with E-state index in [0.717, 1.165) is 56.8 Å². The van der Waals surface area contributed by atoms with Gasteiger partial charge in [-0.15, -0.1) is 0 Å². The number of nitrogens with zero attached hydrogens (tertiary/aromatic N) is 5. The van der Waals surface area contributed by atoms with Gasteiger partial charge in [0.1, 0.15) is 23.6 Å². The molecule has 1 saturated carbocycles. The molecule has 1 aliphatic carbocycles. The van der Waals surface area contributed by atoms with Gasteiger partial charge in [-0.25, -0.2) is 4.39 Å². The predicted molar refractivity (Wildman–Crippen MR) is 150 cm³/mol. The van der Waals surface area contributed by atoms with E-state index >= 15 is 4.39 Å². The molecule has 8 heteroatoms. The van der Waals surface area contributed by atoms with Crippen molar-refractivity contribution in [3.63, 3.8) is 0 Å². The van der Waals surface area contributed by atoms with Gasteiger partial charge >= 0.3 is 6.01 Å². The van der Waals surface area contributed by atoms with Crippen LogP contribution in [0.3, 0.4) is 0 Å². The van der Waals surface area contributed by atoms with Crippen LogP contribution in [0.1, 0.15) is 63.4 Å². The molecule has 0 radical (unpaired) electrons. The number of hydrogen-bond donors (Lipinski definition) is 1. The highest BCUT2D eigenvalue weighted by molar-refractivity contribution is 5.92. The Morgan fingerprint density at radius 1 is 1.08 bits per heavy atom. The Hall–Kier alpha value is -2.84. The van der Waals surface area contributed by atoms with Crippen molar-refractivity contribution in [2.24, 2.45) is 5.92 Å². The van der Waals surface area contributed by atoms with Gasteiger partial charge in [0.05, 0.1) is 10.9 Å². The molecule has 204 valence electrons. The lowest BCUT2D eigenvalue weighted by atomic mass is 9.95. The summed E-state index contributed by atoms with van der Waals surface area (Å²) in [4.78, 5) is 19.3. The first-order valence-corrected chi connectivity index (χ1v) is 14.9. The van der Waals surface area contributed by atoms with Crippen molar-refractivity contribution < 1.29 is 9.13 Å². The average Bonchev–Trinajstić information content (AvgIpc) is 3.22. The highest BCUT2D eigenvalue weighted by Gasteiger charge is 2.45. The lowest BCUT2D eigenvalue weighted by Crippen LogP contribution is -2.51. The fraction of sp³-hybridized carbons (Fsp3) is 0.581. The summed E-state index contributed by atoms with van der Waals surface area (Å²) in [5.74, 6) is 1.47. The van der Waals surface area contributed by atoms with E-state index in [1.165, 1.54) is 31.2 Å². The molecule has 5 aliphatic rings. The van der Waals surface area contributed by atoms with Gasteiger partial charge in [-0.3, -0.25) is 9.88 Å². The summed E-state index contributed by atoms with van der Waals surface area (Å²) in [6.45, 7) is 6.80. The lowest BCUT2D eigenvalue weighted by molar-refractivity contribution is 0.108. The molecular formula is C31H37FN6O. The minimum Gasteiger partial charge on any atom is -0.461 e. The number of nitrogens with one attached hydrogen (secondary N) is 1. The molecule has 2 bridgehead atoms. The predicted octanol–water partition coefficient (Wildman–Crippen LogP) is 4.90. The fourth-order valence-corrected chi connectivity index (χ4v) is 7.94. The van der Waals surface area contributed by atoms with Crippen molar-refractivity contribution in [2.45, 2.75) is 75.4 Å². The van der Waals surface area contributed by atoms with Gasteiger partial charge in [-0.1, -0.05) is 31.2 Å². The van der Waals surface area contributed by atoms with E-state index in [4.69, 9.17) is 19.7 Å². The number of anilines is 1. The summed E-state index contributed by atoms with van der Waals surface area (Å²) >= 11 is 0. The van der Waals surface area contributed by atoms with Gasteiger partial charge in [0.25, 0.3) is 0 Å². The minimum atomic E-state index is -0.374. The van der Waals surface area contributed by atoms with Crippen LogP contribution < -0.4 is 15.0 Å². The number of ether oxygens (including phenoxy) is 1. The molecule has 8 rings (SSSR count). The third kappa shape index (κ3) is 4.01. The number of rotatable bonds is 6. The summed E-state index contributed by atoms with van der Waals surface area (Å²) in [6, 6.07) is 9.30. The smallest absolute Gasteiger partial charge is 0.319 e. The van der Waals surface area contributed by atoms with Crippen molar-refractivity contribution in [3.8, 4) is 17.3 Å². The zero-order chi connectivity index (χ0) is 26.1. The first-order chi connectivity index (χ1) is 19.1. The van der Waals surface area contributed by atoms with Crippen LogP contribution in [0, 0.1) is 11.7 Å². The standard InChI is InChI=1S/C31H37FN6O/c1-19-14-24(19)22-6-2-3-7-23(22)27-26(32)28-25(15-33-27)29(37-16-20-8-9-21(17-37)34-20)36-30(35-28)39-18-31-10-4-12-38(31)13-5-11-31/h2-3,6-7,15,19-21,24,34H,4-5,8-14,16-18H2,1H3/t19-,20?,21?,24-/m0/s1. The van der Waals surface area contributed by atoms with Gasteiger partial charge in [-0.05, 0) is 75.4 Å². The molecule has 6 heterocycles. The van der Waals surface area contributed by atoms with E-state index in [1.807, 2.05) is 18.2 Å². The second-order valence-electron chi connectivity index (χ2n) is 12.7. The quantitative estimate of drug-likeness (QED) is 0.488. The number of halogens is 1. The molecule has 1 aromatic carbocycles. The van der Waals surface area contributed by atoms with Crippen molar-refractivity contribution in [1.29, 1.82) is 0 Å². The summed E-state index contributed by atoms with van der Waals surface area (Å²) in [5, 5.41) is 4.37. The third-order valence-corrected chi connectivity index (χ3v) is 10.2. The molecular weight excluding hydrogens is 491 g/mol. The van der Waals surface area contributed by atoms with Crippen molar-refractivity contribution in [3.05, 3.63) is 41.8 Å². The van der Waals surface area contributed by atoms with Gasteiger partial charge in [0.2, 0.25) is 0 Å². The van der Waals surface area contributed by atoms with Crippen LogP contribution in [0.15, 0.2) is 30.5 Å². The SMILES string of the molecule is C[C@H]1C[C@@H]1c1ccccc1-c1ncc2c(N3CC4CCC(C3)N4)nc(OCC34CCCN3CCC4)nc2c1F. The van der Waals surface area contributed by atoms with E-state index in [2.05, 4.69) is 28.1 Å². The third-order valence-electron chi connectivity index (χ3n) is 10.2. The van der Waals surface area contributed by atoms with E-state index in [-0.39, 0.29) is 17.4 Å². The van der Waals surface area contributed by atoms with Crippen LogP contribution in [0.25, 0.3) is 22.2 Å². The Kier molecular flexibility index (Phi) is 5.60. The van der Waals surface area contributed by atoms with Gasteiger partial charge in [0.15, 0.2) is 5.82 Å². The zero-order valence-electron chi connectivity index (χ0n) is 22.7. The van der Waals surface area contributed by atoms with Crippen LogP contribution in [-0.2, 0) is 0 Å². The highest BCUT2D eigenvalue weighted by Crippen LogP contribution is 2.50. The van der Waals surface area contributed by atoms with Crippen LogP contribution in [0.4, 0.5) is 10.2 Å². The number of fused-ring (bicyclic) bond motifs is 4. The van der Waals surface area contributed by atoms with Gasteiger partial charge < -0.3 is 15.0 Å². The lowest BCUT2D eigenvalue weighted by Gasteiger charge is -2.34. The monoisotopic (exact) mass is 528 g/mol. The van der Waals surface area contributed by atoms with Crippen molar-refractivity contribution >= 4 is 16.7 Å². The number of piperazine rings is 1. The maximum absolute atomic E-state index is 16.5. The second kappa shape index (κ2) is 9.10. The molecule has 4 saturated heterocycles. The molecule has 0 amide bonds. The fourth-order valence-electron chi connectivity index (χ4n) is 7.94. The Balaban J connectivity index is 1.22.